The highest BCUT2D eigenvalue weighted by atomic mass is 32.1. The zero-order valence-electron chi connectivity index (χ0n) is 15.5. The van der Waals surface area contributed by atoms with E-state index in [0.717, 1.165) is 40.7 Å². The molecule has 1 aromatic carbocycles. The minimum absolute atomic E-state index is 0.00311. The predicted octanol–water partition coefficient (Wildman–Crippen LogP) is 3.61. The molecule has 28 heavy (non-hydrogen) atoms. The molecule has 1 aliphatic rings. The van der Waals surface area contributed by atoms with Crippen molar-refractivity contribution in [1.29, 1.82) is 0 Å². The monoisotopic (exact) mass is 394 g/mol. The van der Waals surface area contributed by atoms with Gasteiger partial charge in [-0.05, 0) is 30.7 Å². The highest BCUT2D eigenvalue weighted by Crippen LogP contribution is 2.27. The standard InChI is InChI=1S/C21H22N4O2S/c26-20(8-7-17-15-28-21(23-17)16-4-3-9-22-14-16)24-18-5-1-2-6-19(18)25-10-12-27-13-11-25/h1-6,9,14-15H,7-8,10-13H2,(H,24,26). The number of carbonyl (C=O) groups excluding carboxylic acids is 1. The van der Waals surface area contributed by atoms with Gasteiger partial charge in [0, 0.05) is 42.8 Å². The molecule has 6 nitrogen and oxygen atoms in total. The molecule has 3 aromatic rings. The Labute approximate surface area is 168 Å². The van der Waals surface area contributed by atoms with Gasteiger partial charge >= 0.3 is 0 Å². The number of nitrogens with zero attached hydrogens (tertiary/aromatic N) is 3. The fourth-order valence-electron chi connectivity index (χ4n) is 3.16. The van der Waals surface area contributed by atoms with E-state index in [2.05, 4.69) is 20.2 Å². The maximum atomic E-state index is 12.5. The summed E-state index contributed by atoms with van der Waals surface area (Å²) in [5.41, 5.74) is 3.83. The topological polar surface area (TPSA) is 67.4 Å². The molecule has 2 aromatic heterocycles. The number of anilines is 2. The number of hydrogen-bond acceptors (Lipinski definition) is 6. The van der Waals surface area contributed by atoms with Gasteiger partial charge in [-0.15, -0.1) is 11.3 Å². The molecule has 0 radical (unpaired) electrons. The first-order valence-electron chi connectivity index (χ1n) is 9.36. The average Bonchev–Trinajstić information content (AvgIpc) is 3.23. The summed E-state index contributed by atoms with van der Waals surface area (Å²) in [6, 6.07) is 11.8. The smallest absolute Gasteiger partial charge is 0.224 e. The Morgan fingerprint density at radius 1 is 1.18 bits per heavy atom. The summed E-state index contributed by atoms with van der Waals surface area (Å²) < 4.78 is 5.42. The van der Waals surface area contributed by atoms with Gasteiger partial charge in [-0.2, -0.15) is 0 Å². The molecule has 0 saturated carbocycles. The maximum absolute atomic E-state index is 12.5. The Bertz CT molecular complexity index is 923. The average molecular weight is 395 g/mol. The van der Waals surface area contributed by atoms with Crippen LogP contribution in [0.5, 0.6) is 0 Å². The number of aromatic nitrogens is 2. The number of benzene rings is 1. The predicted molar refractivity (Wildman–Crippen MR) is 112 cm³/mol. The van der Waals surface area contributed by atoms with Crippen LogP contribution in [0.1, 0.15) is 12.1 Å². The number of thiazole rings is 1. The van der Waals surface area contributed by atoms with E-state index < -0.39 is 0 Å². The first kappa shape index (κ1) is 18.6. The largest absolute Gasteiger partial charge is 0.378 e. The van der Waals surface area contributed by atoms with Crippen molar-refractivity contribution >= 4 is 28.6 Å². The minimum Gasteiger partial charge on any atom is -0.378 e. The van der Waals surface area contributed by atoms with Crippen LogP contribution in [0.25, 0.3) is 10.6 Å². The summed E-state index contributed by atoms with van der Waals surface area (Å²) in [5, 5.41) is 6.00. The number of morpholine rings is 1. The maximum Gasteiger partial charge on any atom is 0.224 e. The molecule has 1 aliphatic heterocycles. The Balaban J connectivity index is 1.36. The number of rotatable bonds is 6. The zero-order chi connectivity index (χ0) is 19.2. The summed E-state index contributed by atoms with van der Waals surface area (Å²) in [7, 11) is 0. The zero-order valence-corrected chi connectivity index (χ0v) is 16.3. The molecule has 0 aliphatic carbocycles. The number of hydrogen-bond donors (Lipinski definition) is 1. The third kappa shape index (κ3) is 4.55. The van der Waals surface area contributed by atoms with Crippen molar-refractivity contribution in [3.8, 4) is 10.6 Å². The number of nitrogens with one attached hydrogen (secondary N) is 1. The van der Waals surface area contributed by atoms with Gasteiger partial charge in [0.15, 0.2) is 0 Å². The van der Waals surface area contributed by atoms with Crippen molar-refractivity contribution in [2.45, 2.75) is 12.8 Å². The second-order valence-corrected chi connectivity index (χ2v) is 7.41. The molecule has 0 unspecified atom stereocenters. The van der Waals surface area contributed by atoms with Crippen LogP contribution in [-0.4, -0.2) is 42.2 Å². The number of pyridine rings is 1. The minimum atomic E-state index is -0.00311. The van der Waals surface area contributed by atoms with Gasteiger partial charge in [-0.25, -0.2) is 4.98 Å². The summed E-state index contributed by atoms with van der Waals surface area (Å²) in [5.74, 6) is -0.00311. The summed E-state index contributed by atoms with van der Waals surface area (Å²) in [6.07, 6.45) is 4.56. The van der Waals surface area contributed by atoms with E-state index in [1.807, 2.05) is 41.8 Å². The first-order valence-corrected chi connectivity index (χ1v) is 10.2. The quantitative estimate of drug-likeness (QED) is 0.692. The van der Waals surface area contributed by atoms with Crippen LogP contribution >= 0.6 is 11.3 Å². The molecule has 7 heteroatoms. The molecule has 1 amide bonds. The van der Waals surface area contributed by atoms with E-state index in [-0.39, 0.29) is 5.91 Å². The molecule has 0 bridgehead atoms. The molecule has 1 saturated heterocycles. The Hall–Kier alpha value is -2.77. The van der Waals surface area contributed by atoms with Crippen molar-refractivity contribution < 1.29 is 9.53 Å². The lowest BCUT2D eigenvalue weighted by molar-refractivity contribution is -0.116. The van der Waals surface area contributed by atoms with Gasteiger partial charge < -0.3 is 15.0 Å². The molecular formula is C21H22N4O2S. The Morgan fingerprint density at radius 3 is 2.86 bits per heavy atom. The van der Waals surface area contributed by atoms with Crippen molar-refractivity contribution in [2.75, 3.05) is 36.5 Å². The lowest BCUT2D eigenvalue weighted by atomic mass is 10.2. The lowest BCUT2D eigenvalue weighted by Crippen LogP contribution is -2.36. The molecular weight excluding hydrogens is 372 g/mol. The number of amides is 1. The Kier molecular flexibility index (Phi) is 5.94. The van der Waals surface area contributed by atoms with Crippen molar-refractivity contribution in [1.82, 2.24) is 9.97 Å². The SMILES string of the molecule is O=C(CCc1csc(-c2cccnc2)n1)Nc1ccccc1N1CCOCC1. The molecule has 0 atom stereocenters. The van der Waals surface area contributed by atoms with Gasteiger partial charge in [0.25, 0.3) is 0 Å². The van der Waals surface area contributed by atoms with Crippen LogP contribution in [-0.2, 0) is 16.0 Å². The fourth-order valence-corrected chi connectivity index (χ4v) is 4.00. The van der Waals surface area contributed by atoms with E-state index in [1.165, 1.54) is 0 Å². The van der Waals surface area contributed by atoms with Crippen LogP contribution in [0.2, 0.25) is 0 Å². The van der Waals surface area contributed by atoms with Gasteiger partial charge in [-0.1, -0.05) is 12.1 Å². The van der Waals surface area contributed by atoms with Crippen LogP contribution < -0.4 is 10.2 Å². The molecule has 144 valence electrons. The fraction of sp³-hybridized carbons (Fsp3) is 0.286. The van der Waals surface area contributed by atoms with Gasteiger partial charge in [0.05, 0.1) is 30.3 Å². The van der Waals surface area contributed by atoms with E-state index in [4.69, 9.17) is 4.74 Å². The van der Waals surface area contributed by atoms with Gasteiger partial charge in [-0.3, -0.25) is 9.78 Å². The molecule has 3 heterocycles. The number of carbonyl (C=O) groups is 1. The van der Waals surface area contributed by atoms with Crippen LogP contribution in [0.3, 0.4) is 0 Å². The third-order valence-corrected chi connectivity index (χ3v) is 5.54. The van der Waals surface area contributed by atoms with Gasteiger partial charge in [0.2, 0.25) is 5.91 Å². The van der Waals surface area contributed by atoms with Gasteiger partial charge in [0.1, 0.15) is 5.01 Å². The van der Waals surface area contributed by atoms with Crippen molar-refractivity contribution in [3.63, 3.8) is 0 Å². The normalized spacial score (nSPS) is 14.1. The van der Waals surface area contributed by atoms with Crippen LogP contribution in [0.15, 0.2) is 54.2 Å². The Morgan fingerprint density at radius 2 is 2.04 bits per heavy atom. The van der Waals surface area contributed by atoms with E-state index in [9.17, 15) is 4.79 Å². The number of ether oxygens (including phenoxy) is 1. The van der Waals surface area contributed by atoms with Crippen LogP contribution in [0.4, 0.5) is 11.4 Å². The second-order valence-electron chi connectivity index (χ2n) is 6.55. The highest BCUT2D eigenvalue weighted by Gasteiger charge is 2.16. The van der Waals surface area contributed by atoms with E-state index in [1.54, 1.807) is 23.7 Å². The molecule has 4 rings (SSSR count). The summed E-state index contributed by atoms with van der Waals surface area (Å²) >= 11 is 1.58. The lowest BCUT2D eigenvalue weighted by Gasteiger charge is -2.30. The highest BCUT2D eigenvalue weighted by molar-refractivity contribution is 7.13. The summed E-state index contributed by atoms with van der Waals surface area (Å²) in [6.45, 7) is 3.10. The number of para-hydroxylation sites is 2. The van der Waals surface area contributed by atoms with Crippen molar-refractivity contribution in [3.05, 3.63) is 59.9 Å². The summed E-state index contributed by atoms with van der Waals surface area (Å²) in [4.78, 5) is 23.5. The van der Waals surface area contributed by atoms with E-state index in [0.29, 0.717) is 26.1 Å². The number of aryl methyl sites for hydroxylation is 1. The molecule has 0 spiro atoms. The second kappa shape index (κ2) is 8.95. The molecule has 1 fully saturated rings. The molecule has 1 N–H and O–H groups in total. The first-order chi connectivity index (χ1) is 13.8. The third-order valence-electron chi connectivity index (χ3n) is 4.60. The van der Waals surface area contributed by atoms with Crippen molar-refractivity contribution in [2.24, 2.45) is 0 Å². The van der Waals surface area contributed by atoms with Crippen LogP contribution in [0, 0.1) is 0 Å². The van der Waals surface area contributed by atoms with E-state index >= 15 is 0 Å².